The molecule has 5 aromatic rings. The second kappa shape index (κ2) is 11.8. The third-order valence-electron chi connectivity index (χ3n) is 4.57. The van der Waals surface area contributed by atoms with Gasteiger partial charge in [-0.3, -0.25) is 0 Å². The van der Waals surface area contributed by atoms with E-state index in [9.17, 15) is 4.39 Å². The van der Waals surface area contributed by atoms with Crippen LogP contribution in [0.3, 0.4) is 0 Å². The minimum Gasteiger partial charge on any atom is -0.304 e. The van der Waals surface area contributed by atoms with Crippen molar-refractivity contribution < 1.29 is 24.5 Å². The fourth-order valence-electron chi connectivity index (χ4n) is 3.00. The van der Waals surface area contributed by atoms with Gasteiger partial charge in [0.25, 0.3) is 0 Å². The fraction of sp³-hybridized carbons (Fsp3) is 0. The first-order valence-electron chi connectivity index (χ1n) is 9.87. The molecule has 2 heterocycles. The Hall–Kier alpha value is -3.46. The van der Waals surface area contributed by atoms with E-state index in [1.54, 1.807) is 12.1 Å². The molecule has 159 valence electrons. The second-order valence-corrected chi connectivity index (χ2v) is 6.71. The van der Waals surface area contributed by atoms with Crippen molar-refractivity contribution >= 4 is 0 Å². The van der Waals surface area contributed by atoms with Crippen LogP contribution in [0, 0.1) is 17.9 Å². The van der Waals surface area contributed by atoms with Gasteiger partial charge in [-0.25, -0.2) is 4.39 Å². The Labute approximate surface area is 201 Å². The number of pyridine rings is 2. The summed E-state index contributed by atoms with van der Waals surface area (Å²) in [5.74, 6) is -0.320. The number of halogens is 1. The van der Waals surface area contributed by atoms with Gasteiger partial charge >= 0.3 is 0 Å². The van der Waals surface area contributed by atoms with Gasteiger partial charge < -0.3 is 9.97 Å². The summed E-state index contributed by atoms with van der Waals surface area (Å²) in [5, 5.41) is 0. The standard InChI is InChI=1S/C17H12N.C11H7FN.Ir/c1-3-7-14(8-4-1)16-11-12-17(18-13-16)15-9-5-2-6-10-15;12-10-6-7-11(13-8-10)9-4-2-1-3-5-9;/h1-9,11-13H;1-4,6-8H;/q2*-1;. The van der Waals surface area contributed by atoms with Crippen molar-refractivity contribution in [2.75, 3.05) is 0 Å². The number of aromatic nitrogens is 2. The minimum atomic E-state index is -0.320. The van der Waals surface area contributed by atoms with Crippen molar-refractivity contribution in [2.45, 2.75) is 0 Å². The van der Waals surface area contributed by atoms with Gasteiger partial charge in [0, 0.05) is 26.3 Å². The summed E-state index contributed by atoms with van der Waals surface area (Å²) in [6.07, 6.45) is 3.11. The maximum atomic E-state index is 12.5. The molecule has 0 aliphatic rings. The van der Waals surface area contributed by atoms with E-state index in [0.717, 1.165) is 28.1 Å². The minimum absolute atomic E-state index is 0. The molecule has 0 aliphatic carbocycles. The zero-order valence-electron chi connectivity index (χ0n) is 17.1. The van der Waals surface area contributed by atoms with E-state index >= 15 is 0 Å². The Bertz CT molecular complexity index is 1140. The van der Waals surface area contributed by atoms with Crippen LogP contribution in [0.25, 0.3) is 33.6 Å². The largest absolute Gasteiger partial charge is 0.304 e. The zero-order valence-corrected chi connectivity index (χ0v) is 19.5. The van der Waals surface area contributed by atoms with Crippen LogP contribution in [0.5, 0.6) is 0 Å². The molecule has 0 spiro atoms. The van der Waals surface area contributed by atoms with Crippen LogP contribution in [-0.2, 0) is 20.1 Å². The van der Waals surface area contributed by atoms with Crippen molar-refractivity contribution in [3.05, 3.63) is 133 Å². The molecular formula is C28H19FIrN2-2. The molecule has 1 radical (unpaired) electrons. The summed E-state index contributed by atoms with van der Waals surface area (Å²) in [6.45, 7) is 0. The normalized spacial score (nSPS) is 9.78. The number of hydrogen-bond acceptors (Lipinski definition) is 2. The Balaban J connectivity index is 0.000000184. The van der Waals surface area contributed by atoms with E-state index in [2.05, 4.69) is 40.3 Å². The number of benzene rings is 3. The average molecular weight is 595 g/mol. The van der Waals surface area contributed by atoms with Crippen LogP contribution in [0.2, 0.25) is 0 Å². The van der Waals surface area contributed by atoms with Crippen molar-refractivity contribution in [1.82, 2.24) is 9.97 Å². The number of hydrogen-bond donors (Lipinski definition) is 0. The van der Waals surface area contributed by atoms with Crippen LogP contribution in [0.1, 0.15) is 0 Å². The van der Waals surface area contributed by atoms with Gasteiger partial charge in [0.15, 0.2) is 0 Å². The molecule has 0 fully saturated rings. The van der Waals surface area contributed by atoms with Crippen LogP contribution >= 0.6 is 0 Å². The quantitative estimate of drug-likeness (QED) is 0.213. The van der Waals surface area contributed by atoms with E-state index in [0.29, 0.717) is 0 Å². The molecule has 2 nitrogen and oxygen atoms in total. The molecule has 2 aromatic heterocycles. The van der Waals surface area contributed by atoms with Crippen LogP contribution < -0.4 is 0 Å². The first-order valence-corrected chi connectivity index (χ1v) is 9.87. The molecule has 5 rings (SSSR count). The summed E-state index contributed by atoms with van der Waals surface area (Å²) in [7, 11) is 0. The molecule has 4 heteroatoms. The molecule has 0 N–H and O–H groups in total. The average Bonchev–Trinajstić information content (AvgIpc) is 2.87. The smallest absolute Gasteiger partial charge is 0.139 e. The molecule has 32 heavy (non-hydrogen) atoms. The van der Waals surface area contributed by atoms with Crippen molar-refractivity contribution in [1.29, 1.82) is 0 Å². The first-order chi connectivity index (χ1) is 15.3. The third kappa shape index (κ3) is 6.27. The molecule has 0 atom stereocenters. The monoisotopic (exact) mass is 595 g/mol. The Morgan fingerprint density at radius 1 is 0.531 bits per heavy atom. The van der Waals surface area contributed by atoms with E-state index in [-0.39, 0.29) is 25.9 Å². The van der Waals surface area contributed by atoms with Crippen molar-refractivity contribution in [3.63, 3.8) is 0 Å². The maximum absolute atomic E-state index is 12.5. The Morgan fingerprint density at radius 2 is 1.09 bits per heavy atom. The third-order valence-corrected chi connectivity index (χ3v) is 4.57. The molecule has 0 amide bonds. The summed E-state index contributed by atoms with van der Waals surface area (Å²) in [6, 6.07) is 39.0. The molecule has 0 bridgehead atoms. The molecule has 0 aliphatic heterocycles. The van der Waals surface area contributed by atoms with Crippen LogP contribution in [-0.4, -0.2) is 9.97 Å². The van der Waals surface area contributed by atoms with Gasteiger partial charge in [0.2, 0.25) is 0 Å². The summed E-state index contributed by atoms with van der Waals surface area (Å²) >= 11 is 0. The predicted molar refractivity (Wildman–Crippen MR) is 122 cm³/mol. The first kappa shape index (κ1) is 23.2. The maximum Gasteiger partial charge on any atom is 0.139 e. The SMILES string of the molecule is Fc1ccc(-c2[c-]cccc2)nc1.[Ir].[c-]1ccccc1-c1ccc(-c2ccccc2)cn1. The Morgan fingerprint density at radius 3 is 1.56 bits per heavy atom. The van der Waals surface area contributed by atoms with E-state index in [4.69, 9.17) is 0 Å². The van der Waals surface area contributed by atoms with Gasteiger partial charge in [0.1, 0.15) is 5.82 Å². The predicted octanol–water partition coefficient (Wildman–Crippen LogP) is 6.90. The summed E-state index contributed by atoms with van der Waals surface area (Å²) in [5.41, 5.74) is 5.92. The van der Waals surface area contributed by atoms with Gasteiger partial charge in [-0.15, -0.1) is 71.8 Å². The fourth-order valence-corrected chi connectivity index (χ4v) is 3.00. The number of rotatable bonds is 3. The van der Waals surface area contributed by atoms with E-state index in [1.165, 1.54) is 17.8 Å². The molecule has 3 aromatic carbocycles. The molecular weight excluding hydrogens is 576 g/mol. The van der Waals surface area contributed by atoms with Crippen molar-refractivity contribution in [2.24, 2.45) is 0 Å². The topological polar surface area (TPSA) is 25.8 Å². The molecule has 0 unspecified atom stereocenters. The number of nitrogens with zero attached hydrogens (tertiary/aromatic N) is 2. The van der Waals surface area contributed by atoms with Crippen molar-refractivity contribution in [3.8, 4) is 33.6 Å². The van der Waals surface area contributed by atoms with Gasteiger partial charge in [-0.2, -0.15) is 0 Å². The van der Waals surface area contributed by atoms with Crippen LogP contribution in [0.15, 0.2) is 116 Å². The Kier molecular flexibility index (Phi) is 8.56. The van der Waals surface area contributed by atoms with E-state index in [1.807, 2.05) is 72.9 Å². The summed E-state index contributed by atoms with van der Waals surface area (Å²) < 4.78 is 12.5. The molecule has 0 saturated carbocycles. The van der Waals surface area contributed by atoms with Gasteiger partial charge in [0.05, 0.1) is 6.20 Å². The van der Waals surface area contributed by atoms with Gasteiger partial charge in [-0.05, 0) is 28.6 Å². The zero-order chi connectivity index (χ0) is 21.3. The summed E-state index contributed by atoms with van der Waals surface area (Å²) in [4.78, 5) is 8.44. The van der Waals surface area contributed by atoms with Gasteiger partial charge in [-0.1, -0.05) is 48.5 Å². The van der Waals surface area contributed by atoms with Crippen LogP contribution in [0.4, 0.5) is 4.39 Å². The second-order valence-electron chi connectivity index (χ2n) is 6.71. The molecule has 0 saturated heterocycles. The van der Waals surface area contributed by atoms with E-state index < -0.39 is 0 Å².